The van der Waals surface area contributed by atoms with Crippen molar-refractivity contribution in [3.05, 3.63) is 47.1 Å². The van der Waals surface area contributed by atoms with Gasteiger partial charge in [-0.2, -0.15) is 0 Å². The molecule has 0 aromatic heterocycles. The fourth-order valence-electron chi connectivity index (χ4n) is 1.47. The van der Waals surface area contributed by atoms with Crippen LogP contribution in [0.25, 0.3) is 0 Å². The second-order valence-corrected chi connectivity index (χ2v) is 4.51. The number of carboxylic acid groups (broad SMARTS) is 1. The minimum atomic E-state index is -0.856. The number of rotatable bonds is 7. The minimum Gasteiger partial charge on any atom is -0.478 e. The van der Waals surface area contributed by atoms with E-state index in [1.165, 1.54) is 5.57 Å². The number of hydrogen-bond donors (Lipinski definition) is 1. The van der Waals surface area contributed by atoms with Crippen LogP contribution in [-0.4, -0.2) is 11.1 Å². The van der Waals surface area contributed by atoms with Gasteiger partial charge in [-0.3, -0.25) is 0 Å². The van der Waals surface area contributed by atoms with Crippen LogP contribution >= 0.6 is 0 Å². The highest BCUT2D eigenvalue weighted by Crippen LogP contribution is 2.14. The fourth-order valence-corrected chi connectivity index (χ4v) is 1.47. The maximum Gasteiger partial charge on any atom is 0.335 e. The monoisotopic (exact) mass is 248 g/mol. The zero-order valence-electron chi connectivity index (χ0n) is 11.9. The fraction of sp³-hybridized carbons (Fsp3) is 0.438. The van der Waals surface area contributed by atoms with Gasteiger partial charge in [-0.25, -0.2) is 4.79 Å². The van der Waals surface area contributed by atoms with Gasteiger partial charge in [0.05, 0.1) is 5.57 Å². The Hall–Kier alpha value is -1.57. The summed E-state index contributed by atoms with van der Waals surface area (Å²) in [5.41, 5.74) is 2.58. The molecule has 0 saturated carbocycles. The molecule has 0 bridgehead atoms. The Kier molecular flexibility index (Phi) is 8.63. The maximum atomic E-state index is 11.2. The van der Waals surface area contributed by atoms with Crippen LogP contribution in [0.5, 0.6) is 0 Å². The summed E-state index contributed by atoms with van der Waals surface area (Å²) >= 11 is 0. The van der Waals surface area contributed by atoms with E-state index in [-0.39, 0.29) is 0 Å². The standard InChI is InChI=1S/C16H24O2/c1-5-6-7-8-12-15(16(17)18)14(4)11-9-10-13(2)3/h6-8,10,12H,5,9,11H2,1-4H3,(H,17,18)/b7-6?,12-8?,15-14+. The van der Waals surface area contributed by atoms with Gasteiger partial charge in [-0.05, 0) is 46.1 Å². The molecule has 0 heterocycles. The van der Waals surface area contributed by atoms with Gasteiger partial charge in [0.15, 0.2) is 0 Å². The molecule has 0 fully saturated rings. The van der Waals surface area contributed by atoms with Crippen molar-refractivity contribution in [3.8, 4) is 0 Å². The van der Waals surface area contributed by atoms with Crippen LogP contribution in [0.2, 0.25) is 0 Å². The molecule has 1 N–H and O–H groups in total. The van der Waals surface area contributed by atoms with E-state index in [4.69, 9.17) is 5.11 Å². The molecule has 0 saturated heterocycles. The van der Waals surface area contributed by atoms with Crippen molar-refractivity contribution in [1.82, 2.24) is 0 Å². The van der Waals surface area contributed by atoms with E-state index in [0.29, 0.717) is 5.57 Å². The Morgan fingerprint density at radius 1 is 1.17 bits per heavy atom. The lowest BCUT2D eigenvalue weighted by atomic mass is 10.0. The molecule has 0 aliphatic carbocycles. The first-order valence-corrected chi connectivity index (χ1v) is 6.38. The third-order valence-electron chi connectivity index (χ3n) is 2.51. The highest BCUT2D eigenvalue weighted by Gasteiger charge is 2.06. The number of allylic oxidation sites excluding steroid dienone is 6. The third kappa shape index (κ3) is 7.66. The van der Waals surface area contributed by atoms with Crippen LogP contribution in [0.4, 0.5) is 0 Å². The summed E-state index contributed by atoms with van der Waals surface area (Å²) < 4.78 is 0. The van der Waals surface area contributed by atoms with Crippen molar-refractivity contribution >= 4 is 5.97 Å². The average molecular weight is 248 g/mol. The Morgan fingerprint density at radius 3 is 2.33 bits per heavy atom. The molecule has 0 aliphatic rings. The SMILES string of the molecule is CCC=CC=C/C(C(=O)O)=C(/C)CCC=C(C)C. The molecule has 0 aromatic rings. The molecule has 0 rings (SSSR count). The molecule has 100 valence electrons. The van der Waals surface area contributed by atoms with Gasteiger partial charge in [-0.1, -0.05) is 42.4 Å². The molecule has 0 atom stereocenters. The molecule has 0 radical (unpaired) electrons. The molecule has 18 heavy (non-hydrogen) atoms. The van der Waals surface area contributed by atoms with Crippen LogP contribution in [0.3, 0.4) is 0 Å². The van der Waals surface area contributed by atoms with Crippen LogP contribution < -0.4 is 0 Å². The molecule has 0 aromatic carbocycles. The van der Waals surface area contributed by atoms with E-state index in [2.05, 4.69) is 6.08 Å². The number of aliphatic carboxylic acids is 1. The van der Waals surface area contributed by atoms with Crippen molar-refractivity contribution in [2.45, 2.75) is 47.0 Å². The third-order valence-corrected chi connectivity index (χ3v) is 2.51. The summed E-state index contributed by atoms with van der Waals surface area (Å²) in [7, 11) is 0. The topological polar surface area (TPSA) is 37.3 Å². The Labute approximate surface area is 110 Å². The number of carboxylic acids is 1. The van der Waals surface area contributed by atoms with E-state index >= 15 is 0 Å². The average Bonchev–Trinajstić information content (AvgIpc) is 2.27. The molecule has 0 unspecified atom stereocenters. The highest BCUT2D eigenvalue weighted by atomic mass is 16.4. The largest absolute Gasteiger partial charge is 0.478 e. The molecule has 2 nitrogen and oxygen atoms in total. The van der Waals surface area contributed by atoms with Gasteiger partial charge in [0, 0.05) is 0 Å². The van der Waals surface area contributed by atoms with Crippen molar-refractivity contribution in [3.63, 3.8) is 0 Å². The first-order chi connectivity index (χ1) is 8.49. The zero-order chi connectivity index (χ0) is 14.0. The summed E-state index contributed by atoms with van der Waals surface area (Å²) in [4.78, 5) is 11.2. The molecular formula is C16H24O2. The highest BCUT2D eigenvalue weighted by molar-refractivity contribution is 5.90. The van der Waals surface area contributed by atoms with Crippen LogP contribution in [0.15, 0.2) is 47.1 Å². The van der Waals surface area contributed by atoms with Crippen molar-refractivity contribution < 1.29 is 9.90 Å². The smallest absolute Gasteiger partial charge is 0.335 e. The van der Waals surface area contributed by atoms with Gasteiger partial charge >= 0.3 is 5.97 Å². The Balaban J connectivity index is 4.74. The first-order valence-electron chi connectivity index (χ1n) is 6.38. The van der Waals surface area contributed by atoms with Gasteiger partial charge in [0.25, 0.3) is 0 Å². The molecule has 2 heteroatoms. The molecular weight excluding hydrogens is 224 g/mol. The Morgan fingerprint density at radius 2 is 1.83 bits per heavy atom. The van der Waals surface area contributed by atoms with E-state index in [1.807, 2.05) is 39.8 Å². The van der Waals surface area contributed by atoms with Gasteiger partial charge in [-0.15, -0.1) is 0 Å². The summed E-state index contributed by atoms with van der Waals surface area (Å²) in [6.07, 6.45) is 12.1. The van der Waals surface area contributed by atoms with Gasteiger partial charge in [0.1, 0.15) is 0 Å². The van der Waals surface area contributed by atoms with Crippen molar-refractivity contribution in [2.75, 3.05) is 0 Å². The van der Waals surface area contributed by atoms with Crippen LogP contribution in [0, 0.1) is 0 Å². The predicted octanol–water partition coefficient (Wildman–Crippen LogP) is 4.66. The summed E-state index contributed by atoms with van der Waals surface area (Å²) in [6, 6.07) is 0. The minimum absolute atomic E-state index is 0.401. The lowest BCUT2D eigenvalue weighted by molar-refractivity contribution is -0.132. The summed E-state index contributed by atoms with van der Waals surface area (Å²) in [6.45, 7) is 8.03. The van der Waals surface area contributed by atoms with E-state index in [0.717, 1.165) is 24.8 Å². The van der Waals surface area contributed by atoms with Crippen molar-refractivity contribution in [1.29, 1.82) is 0 Å². The van der Waals surface area contributed by atoms with Crippen molar-refractivity contribution in [2.24, 2.45) is 0 Å². The lowest BCUT2D eigenvalue weighted by Crippen LogP contribution is -2.01. The maximum absolute atomic E-state index is 11.2. The van der Waals surface area contributed by atoms with Gasteiger partial charge < -0.3 is 5.11 Å². The van der Waals surface area contributed by atoms with Crippen LogP contribution in [-0.2, 0) is 4.79 Å². The predicted molar refractivity (Wildman–Crippen MR) is 77.6 cm³/mol. The second-order valence-electron chi connectivity index (χ2n) is 4.51. The number of carbonyl (C=O) groups is 1. The summed E-state index contributed by atoms with van der Waals surface area (Å²) in [5, 5.41) is 9.16. The first kappa shape index (κ1) is 16.4. The van der Waals surface area contributed by atoms with Crippen LogP contribution in [0.1, 0.15) is 47.0 Å². The quantitative estimate of drug-likeness (QED) is 0.404. The number of hydrogen-bond acceptors (Lipinski definition) is 1. The van der Waals surface area contributed by atoms with E-state index in [9.17, 15) is 4.79 Å². The normalized spacial score (nSPS) is 12.9. The molecule has 0 amide bonds. The summed E-state index contributed by atoms with van der Waals surface area (Å²) in [5.74, 6) is -0.856. The zero-order valence-corrected chi connectivity index (χ0v) is 11.9. The lowest BCUT2D eigenvalue weighted by Gasteiger charge is -2.03. The molecule has 0 aliphatic heterocycles. The second kappa shape index (κ2) is 9.46. The van der Waals surface area contributed by atoms with Gasteiger partial charge in [0.2, 0.25) is 0 Å². The Bertz CT molecular complexity index is 378. The van der Waals surface area contributed by atoms with E-state index < -0.39 is 5.97 Å². The molecule has 0 spiro atoms. The van der Waals surface area contributed by atoms with E-state index in [1.54, 1.807) is 12.2 Å².